The molecular formula is C22H20N2. The van der Waals surface area contributed by atoms with E-state index in [0.29, 0.717) is 5.92 Å². The van der Waals surface area contributed by atoms with Crippen LogP contribution in [0.4, 0.5) is 5.69 Å². The van der Waals surface area contributed by atoms with Crippen molar-refractivity contribution in [1.82, 2.24) is 4.98 Å². The molecule has 118 valence electrons. The quantitative estimate of drug-likeness (QED) is 0.653. The van der Waals surface area contributed by atoms with Crippen molar-refractivity contribution in [2.45, 2.75) is 18.8 Å². The van der Waals surface area contributed by atoms with Gasteiger partial charge < -0.3 is 4.90 Å². The number of benzene rings is 2. The van der Waals surface area contributed by atoms with Crippen molar-refractivity contribution in [1.29, 1.82) is 0 Å². The van der Waals surface area contributed by atoms with Crippen molar-refractivity contribution in [3.05, 3.63) is 72.4 Å². The van der Waals surface area contributed by atoms with Crippen LogP contribution in [-0.2, 0) is 0 Å². The van der Waals surface area contributed by atoms with Crippen LogP contribution < -0.4 is 4.90 Å². The van der Waals surface area contributed by atoms with Crippen LogP contribution in [0.3, 0.4) is 0 Å². The molecule has 4 heterocycles. The SMILES string of the molecule is c1ccc(-c2cc(-c3ccccc3)c3c(n2)C2CCN3CC2)cc1. The summed E-state index contributed by atoms with van der Waals surface area (Å²) >= 11 is 0. The lowest BCUT2D eigenvalue weighted by Gasteiger charge is -2.42. The Labute approximate surface area is 142 Å². The molecule has 1 fully saturated rings. The lowest BCUT2D eigenvalue weighted by molar-refractivity contribution is 0.465. The van der Waals surface area contributed by atoms with Gasteiger partial charge in [0.15, 0.2) is 0 Å². The number of pyridine rings is 1. The molecule has 0 atom stereocenters. The Hall–Kier alpha value is -2.61. The summed E-state index contributed by atoms with van der Waals surface area (Å²) in [6, 6.07) is 23.6. The van der Waals surface area contributed by atoms with Gasteiger partial charge in [0, 0.05) is 30.1 Å². The summed E-state index contributed by atoms with van der Waals surface area (Å²) in [6.45, 7) is 2.34. The number of anilines is 1. The second kappa shape index (κ2) is 5.48. The van der Waals surface area contributed by atoms with Gasteiger partial charge in [-0.3, -0.25) is 4.98 Å². The first-order chi connectivity index (χ1) is 11.9. The fourth-order valence-electron chi connectivity index (χ4n) is 4.15. The van der Waals surface area contributed by atoms with Crippen molar-refractivity contribution < 1.29 is 0 Å². The molecule has 0 unspecified atom stereocenters. The van der Waals surface area contributed by atoms with E-state index in [1.807, 2.05) is 0 Å². The molecule has 24 heavy (non-hydrogen) atoms. The van der Waals surface area contributed by atoms with Gasteiger partial charge >= 0.3 is 0 Å². The second-order valence-corrected chi connectivity index (χ2v) is 6.78. The number of nitrogens with zero attached hydrogens (tertiary/aromatic N) is 2. The third-order valence-electron chi connectivity index (χ3n) is 5.37. The highest BCUT2D eigenvalue weighted by Gasteiger charge is 2.34. The third-order valence-corrected chi connectivity index (χ3v) is 5.37. The molecule has 0 amide bonds. The molecule has 3 aliphatic rings. The summed E-state index contributed by atoms with van der Waals surface area (Å²) in [7, 11) is 0. The molecule has 0 aliphatic carbocycles. The number of fused-ring (bicyclic) bond motifs is 2. The Balaban J connectivity index is 1.77. The van der Waals surface area contributed by atoms with Crippen molar-refractivity contribution >= 4 is 5.69 Å². The van der Waals surface area contributed by atoms with Gasteiger partial charge in [0.1, 0.15) is 0 Å². The zero-order valence-corrected chi connectivity index (χ0v) is 13.7. The molecule has 2 bridgehead atoms. The van der Waals surface area contributed by atoms with Crippen molar-refractivity contribution in [3.8, 4) is 22.4 Å². The van der Waals surface area contributed by atoms with Crippen LogP contribution in [-0.4, -0.2) is 18.1 Å². The predicted octanol–water partition coefficient (Wildman–Crippen LogP) is 5.11. The van der Waals surface area contributed by atoms with Crippen molar-refractivity contribution in [2.75, 3.05) is 18.0 Å². The van der Waals surface area contributed by atoms with E-state index in [0.717, 1.165) is 5.69 Å². The average Bonchev–Trinajstić information content (AvgIpc) is 2.69. The summed E-state index contributed by atoms with van der Waals surface area (Å²) < 4.78 is 0. The largest absolute Gasteiger partial charge is 0.370 e. The highest BCUT2D eigenvalue weighted by molar-refractivity contribution is 5.85. The van der Waals surface area contributed by atoms with Gasteiger partial charge in [-0.25, -0.2) is 0 Å². The molecule has 3 aromatic rings. The minimum atomic E-state index is 0.621. The molecule has 2 aromatic carbocycles. The normalized spacial score (nSPS) is 16.2. The first kappa shape index (κ1) is 13.8. The van der Waals surface area contributed by atoms with Gasteiger partial charge in [-0.1, -0.05) is 60.7 Å². The second-order valence-electron chi connectivity index (χ2n) is 6.78. The van der Waals surface area contributed by atoms with E-state index >= 15 is 0 Å². The molecule has 0 radical (unpaired) electrons. The average molecular weight is 312 g/mol. The van der Waals surface area contributed by atoms with E-state index in [9.17, 15) is 0 Å². The Kier molecular flexibility index (Phi) is 3.15. The number of aromatic nitrogens is 1. The summed E-state index contributed by atoms with van der Waals surface area (Å²) in [5, 5.41) is 0. The van der Waals surface area contributed by atoms with Gasteiger partial charge in [-0.2, -0.15) is 0 Å². The Morgan fingerprint density at radius 1 is 0.792 bits per heavy atom. The smallest absolute Gasteiger partial charge is 0.0713 e. The minimum Gasteiger partial charge on any atom is -0.370 e. The van der Waals surface area contributed by atoms with E-state index in [1.54, 1.807) is 0 Å². The van der Waals surface area contributed by atoms with E-state index in [4.69, 9.17) is 4.98 Å². The molecule has 6 rings (SSSR count). The monoisotopic (exact) mass is 312 g/mol. The van der Waals surface area contributed by atoms with E-state index in [1.165, 1.54) is 54.0 Å². The van der Waals surface area contributed by atoms with E-state index in [-0.39, 0.29) is 0 Å². The Morgan fingerprint density at radius 2 is 1.42 bits per heavy atom. The highest BCUT2D eigenvalue weighted by Crippen LogP contribution is 2.47. The summed E-state index contributed by atoms with van der Waals surface area (Å²) in [5.74, 6) is 0.621. The fourth-order valence-corrected chi connectivity index (χ4v) is 4.15. The van der Waals surface area contributed by atoms with Crippen molar-refractivity contribution in [3.63, 3.8) is 0 Å². The first-order valence-electron chi connectivity index (χ1n) is 8.81. The zero-order valence-electron chi connectivity index (χ0n) is 13.7. The first-order valence-corrected chi connectivity index (χ1v) is 8.81. The van der Waals surface area contributed by atoms with E-state index < -0.39 is 0 Å². The fraction of sp³-hybridized carbons (Fsp3) is 0.227. The van der Waals surface area contributed by atoms with Gasteiger partial charge in [0.2, 0.25) is 0 Å². The number of piperidine rings is 1. The van der Waals surface area contributed by atoms with Crippen LogP contribution in [0.15, 0.2) is 66.7 Å². The maximum Gasteiger partial charge on any atom is 0.0713 e. The number of hydrogen-bond acceptors (Lipinski definition) is 2. The van der Waals surface area contributed by atoms with Crippen LogP contribution in [0.25, 0.3) is 22.4 Å². The molecular weight excluding hydrogens is 292 g/mol. The van der Waals surface area contributed by atoms with Crippen molar-refractivity contribution in [2.24, 2.45) is 0 Å². The Morgan fingerprint density at radius 3 is 2.08 bits per heavy atom. The van der Waals surface area contributed by atoms with Crippen LogP contribution in [0, 0.1) is 0 Å². The molecule has 0 spiro atoms. The van der Waals surface area contributed by atoms with Crippen LogP contribution in [0.1, 0.15) is 24.5 Å². The Bertz CT molecular complexity index is 863. The summed E-state index contributed by atoms with van der Waals surface area (Å²) in [4.78, 5) is 7.65. The van der Waals surface area contributed by atoms with Gasteiger partial charge in [-0.05, 0) is 24.5 Å². The molecule has 0 saturated carbocycles. The summed E-state index contributed by atoms with van der Waals surface area (Å²) in [5.41, 5.74) is 7.62. The lowest BCUT2D eigenvalue weighted by atomic mass is 9.83. The van der Waals surface area contributed by atoms with Crippen LogP contribution >= 0.6 is 0 Å². The molecule has 2 heteroatoms. The highest BCUT2D eigenvalue weighted by atomic mass is 15.2. The molecule has 1 aromatic heterocycles. The molecule has 0 N–H and O–H groups in total. The number of hydrogen-bond donors (Lipinski definition) is 0. The van der Waals surface area contributed by atoms with Crippen LogP contribution in [0.2, 0.25) is 0 Å². The standard InChI is InChI=1S/C22H20N2/c1-3-7-16(8-4-1)19-15-20(17-9-5-2-6-10-17)23-21-18-11-13-24(14-12-18)22(19)21/h1-10,15,18H,11-14H2. The lowest BCUT2D eigenvalue weighted by Crippen LogP contribution is -2.39. The predicted molar refractivity (Wildman–Crippen MR) is 99.3 cm³/mol. The maximum absolute atomic E-state index is 5.11. The molecule has 3 aliphatic heterocycles. The molecule has 2 nitrogen and oxygen atoms in total. The topological polar surface area (TPSA) is 16.1 Å². The summed E-state index contributed by atoms with van der Waals surface area (Å²) in [6.07, 6.45) is 2.49. The van der Waals surface area contributed by atoms with Gasteiger partial charge in [0.25, 0.3) is 0 Å². The minimum absolute atomic E-state index is 0.621. The maximum atomic E-state index is 5.11. The zero-order chi connectivity index (χ0) is 15.9. The van der Waals surface area contributed by atoms with Crippen LogP contribution in [0.5, 0.6) is 0 Å². The molecule has 1 saturated heterocycles. The number of rotatable bonds is 2. The third kappa shape index (κ3) is 2.14. The van der Waals surface area contributed by atoms with Gasteiger partial charge in [-0.15, -0.1) is 0 Å². The van der Waals surface area contributed by atoms with Gasteiger partial charge in [0.05, 0.1) is 17.1 Å². The van der Waals surface area contributed by atoms with E-state index in [2.05, 4.69) is 71.6 Å².